The van der Waals surface area contributed by atoms with E-state index in [0.717, 1.165) is 18.2 Å². The summed E-state index contributed by atoms with van der Waals surface area (Å²) < 4.78 is 98.1. The van der Waals surface area contributed by atoms with Crippen molar-refractivity contribution < 1.29 is 40.6 Å². The molecule has 2 aromatic carbocycles. The lowest BCUT2D eigenvalue weighted by Crippen LogP contribution is -2.41. The molecule has 2 atom stereocenters. The summed E-state index contributed by atoms with van der Waals surface area (Å²) in [6.07, 6.45) is -4.12. The minimum atomic E-state index is -4.98. The number of aromatic nitrogens is 4. The Morgan fingerprint density at radius 1 is 1.06 bits per heavy atom. The Balaban J connectivity index is 1.29. The van der Waals surface area contributed by atoms with Crippen LogP contribution in [-0.4, -0.2) is 64.2 Å². The Labute approximate surface area is 277 Å². The van der Waals surface area contributed by atoms with Crippen LogP contribution in [0.25, 0.3) is 16.8 Å². The molecule has 2 aliphatic heterocycles. The standard InChI is InChI=1S/C33H33F6N7O3/c1-3-48-30(47)24-16-32(17-41-24)7-10-45(11-8-32)26-15-27(43-31(40)42-26)49-29(33(37,38)39)21-5-4-19(14-25(21)46-9-6-18(2)44-46)20-12-22(34)28(36)23(35)13-20/h4-6,9,12-15,24,29,41H,3,7-8,10-11,16-17H2,1-2H3,(H2,40,42,43)/t24-,29+/m0/s1. The Morgan fingerprint density at radius 2 is 1.78 bits per heavy atom. The number of hydrogen-bond donors (Lipinski definition) is 2. The Morgan fingerprint density at radius 3 is 2.41 bits per heavy atom. The number of rotatable bonds is 8. The van der Waals surface area contributed by atoms with Gasteiger partial charge in [0, 0.05) is 37.5 Å². The van der Waals surface area contributed by atoms with Crippen LogP contribution in [0.5, 0.6) is 5.88 Å². The summed E-state index contributed by atoms with van der Waals surface area (Å²) in [5.74, 6) is -5.29. The van der Waals surface area contributed by atoms with Gasteiger partial charge in [0.05, 0.1) is 18.0 Å². The third-order valence-corrected chi connectivity index (χ3v) is 8.92. The number of nitrogens with two attached hydrogens (primary N) is 1. The van der Waals surface area contributed by atoms with E-state index in [1.54, 1.807) is 19.9 Å². The molecule has 0 saturated carbocycles. The minimum Gasteiger partial charge on any atom is -0.465 e. The second kappa shape index (κ2) is 13.2. The number of nitrogens with zero attached hydrogens (tertiary/aromatic N) is 5. The zero-order valence-electron chi connectivity index (χ0n) is 26.5. The number of nitrogen functional groups attached to an aromatic ring is 1. The third-order valence-electron chi connectivity index (χ3n) is 8.92. The van der Waals surface area contributed by atoms with Crippen LogP contribution < -0.4 is 20.7 Å². The normalized spacial score (nSPS) is 18.1. The number of carbonyl (C=O) groups is 1. The van der Waals surface area contributed by atoms with Crippen LogP contribution >= 0.6 is 0 Å². The molecule has 49 heavy (non-hydrogen) atoms. The summed E-state index contributed by atoms with van der Waals surface area (Å²) in [7, 11) is 0. The van der Waals surface area contributed by atoms with Gasteiger partial charge in [-0.3, -0.25) is 4.79 Å². The lowest BCUT2D eigenvalue weighted by atomic mass is 9.76. The summed E-state index contributed by atoms with van der Waals surface area (Å²) in [6.45, 7) is 5.33. The lowest BCUT2D eigenvalue weighted by molar-refractivity contribution is -0.198. The minimum absolute atomic E-state index is 0.0983. The number of carbonyl (C=O) groups excluding carboxylic acids is 1. The molecule has 2 aliphatic rings. The van der Waals surface area contributed by atoms with E-state index >= 15 is 0 Å². The number of esters is 1. The van der Waals surface area contributed by atoms with Gasteiger partial charge < -0.3 is 25.4 Å². The molecule has 16 heteroatoms. The van der Waals surface area contributed by atoms with Gasteiger partial charge in [0.15, 0.2) is 17.5 Å². The van der Waals surface area contributed by atoms with Gasteiger partial charge in [0.1, 0.15) is 11.9 Å². The molecular formula is C33H33F6N7O3. The highest BCUT2D eigenvalue weighted by molar-refractivity contribution is 5.76. The zero-order valence-corrected chi connectivity index (χ0v) is 26.5. The van der Waals surface area contributed by atoms with Crippen molar-refractivity contribution in [3.63, 3.8) is 0 Å². The smallest absolute Gasteiger partial charge is 0.429 e. The SMILES string of the molecule is CCOC(=O)[C@@H]1CC2(CCN(c3cc(O[C@H](c4ccc(-c5cc(F)c(F)c(F)c5)cc4-n4ccc(C)n4)C(F)(F)F)nc(N)n3)CC2)CN1. The van der Waals surface area contributed by atoms with Gasteiger partial charge in [-0.2, -0.15) is 28.2 Å². The number of anilines is 2. The first kappa shape index (κ1) is 34.0. The van der Waals surface area contributed by atoms with Crippen LogP contribution in [0.1, 0.15) is 43.5 Å². The summed E-state index contributed by atoms with van der Waals surface area (Å²) >= 11 is 0. The zero-order chi connectivity index (χ0) is 35.1. The van der Waals surface area contributed by atoms with Crippen LogP contribution in [0.4, 0.5) is 38.1 Å². The van der Waals surface area contributed by atoms with Crippen molar-refractivity contribution in [2.75, 3.05) is 36.9 Å². The summed E-state index contributed by atoms with van der Waals surface area (Å²) in [4.78, 5) is 22.3. The van der Waals surface area contributed by atoms with Crippen molar-refractivity contribution in [1.29, 1.82) is 0 Å². The number of benzene rings is 2. The van der Waals surface area contributed by atoms with Gasteiger partial charge >= 0.3 is 12.1 Å². The van der Waals surface area contributed by atoms with Gasteiger partial charge in [-0.05, 0) is 73.9 Å². The van der Waals surface area contributed by atoms with E-state index in [-0.39, 0.29) is 51.6 Å². The van der Waals surface area contributed by atoms with E-state index in [1.165, 1.54) is 29.1 Å². The largest absolute Gasteiger partial charge is 0.465 e. The highest BCUT2D eigenvalue weighted by atomic mass is 19.4. The first-order valence-electron chi connectivity index (χ1n) is 15.6. The van der Waals surface area contributed by atoms with Crippen molar-refractivity contribution in [1.82, 2.24) is 25.1 Å². The van der Waals surface area contributed by atoms with Crippen LogP contribution in [0.15, 0.2) is 48.7 Å². The van der Waals surface area contributed by atoms with Crippen molar-refractivity contribution >= 4 is 17.7 Å². The van der Waals surface area contributed by atoms with Gasteiger partial charge in [-0.1, -0.05) is 12.1 Å². The van der Waals surface area contributed by atoms with Gasteiger partial charge in [0.25, 0.3) is 0 Å². The molecule has 1 spiro atoms. The van der Waals surface area contributed by atoms with Gasteiger partial charge in [0.2, 0.25) is 17.9 Å². The fraction of sp³-hybridized carbons (Fsp3) is 0.394. The molecule has 4 heterocycles. The molecular weight excluding hydrogens is 656 g/mol. The molecule has 0 aliphatic carbocycles. The molecule has 2 aromatic heterocycles. The molecule has 2 fully saturated rings. The number of ether oxygens (including phenoxy) is 2. The molecule has 10 nitrogen and oxygen atoms in total. The monoisotopic (exact) mass is 689 g/mol. The van der Waals surface area contributed by atoms with E-state index in [4.69, 9.17) is 15.2 Å². The number of halogens is 6. The second-order valence-corrected chi connectivity index (χ2v) is 12.3. The van der Waals surface area contributed by atoms with Crippen molar-refractivity contribution in [3.05, 3.63) is 77.4 Å². The average Bonchev–Trinajstić information content (AvgIpc) is 3.68. The van der Waals surface area contributed by atoms with Crippen LogP contribution in [0.2, 0.25) is 0 Å². The van der Waals surface area contributed by atoms with Gasteiger partial charge in [-0.15, -0.1) is 0 Å². The molecule has 0 amide bonds. The Kier molecular flexibility index (Phi) is 9.17. The molecule has 0 radical (unpaired) electrons. The summed E-state index contributed by atoms with van der Waals surface area (Å²) in [6, 6.07) is 7.54. The third kappa shape index (κ3) is 7.14. The first-order valence-corrected chi connectivity index (χ1v) is 15.6. The number of nitrogens with one attached hydrogen (secondary N) is 1. The highest BCUT2D eigenvalue weighted by Gasteiger charge is 2.46. The molecule has 0 unspecified atom stereocenters. The molecule has 4 aromatic rings. The number of piperidine rings is 1. The molecule has 0 bridgehead atoms. The maximum atomic E-state index is 14.8. The van der Waals surface area contributed by atoms with E-state index < -0.39 is 35.6 Å². The van der Waals surface area contributed by atoms with Crippen molar-refractivity contribution in [3.8, 4) is 22.7 Å². The Hall–Kier alpha value is -4.86. The maximum absolute atomic E-state index is 14.8. The number of hydrogen-bond acceptors (Lipinski definition) is 9. The van der Waals surface area contributed by atoms with Crippen molar-refractivity contribution in [2.45, 2.75) is 51.4 Å². The predicted octanol–water partition coefficient (Wildman–Crippen LogP) is 5.83. The Bertz CT molecular complexity index is 1840. The van der Waals surface area contributed by atoms with Crippen LogP contribution in [0.3, 0.4) is 0 Å². The van der Waals surface area contributed by atoms with E-state index in [0.29, 0.717) is 51.2 Å². The summed E-state index contributed by atoms with van der Waals surface area (Å²) in [5.41, 5.74) is 5.83. The molecule has 2 saturated heterocycles. The van der Waals surface area contributed by atoms with Crippen LogP contribution in [-0.2, 0) is 9.53 Å². The topological polar surface area (TPSA) is 120 Å². The predicted molar refractivity (Wildman–Crippen MR) is 166 cm³/mol. The fourth-order valence-corrected chi connectivity index (χ4v) is 6.41. The quantitative estimate of drug-likeness (QED) is 0.134. The average molecular weight is 690 g/mol. The van der Waals surface area contributed by atoms with E-state index in [1.807, 2.05) is 4.90 Å². The highest BCUT2D eigenvalue weighted by Crippen LogP contribution is 2.43. The first-order chi connectivity index (χ1) is 23.2. The van der Waals surface area contributed by atoms with Crippen molar-refractivity contribution in [2.24, 2.45) is 5.41 Å². The summed E-state index contributed by atoms with van der Waals surface area (Å²) in [5, 5.41) is 7.49. The van der Waals surface area contributed by atoms with E-state index in [9.17, 15) is 31.1 Å². The number of alkyl halides is 3. The second-order valence-electron chi connectivity index (χ2n) is 12.3. The maximum Gasteiger partial charge on any atom is 0.429 e. The molecule has 6 rings (SSSR count). The lowest BCUT2D eigenvalue weighted by Gasteiger charge is -2.39. The van der Waals surface area contributed by atoms with E-state index in [2.05, 4.69) is 20.4 Å². The fourth-order valence-electron chi connectivity index (χ4n) is 6.41. The van der Waals surface area contributed by atoms with Gasteiger partial charge in [-0.25, -0.2) is 17.9 Å². The number of aryl methyl sites for hydroxylation is 1. The van der Waals surface area contributed by atoms with Crippen LogP contribution in [0, 0.1) is 29.8 Å². The molecule has 3 N–H and O–H groups in total. The molecule has 260 valence electrons.